The van der Waals surface area contributed by atoms with Gasteiger partial charge in [-0.05, 0) is 23.6 Å². The van der Waals surface area contributed by atoms with Crippen LogP contribution in [0, 0.1) is 5.82 Å². The zero-order valence-corrected chi connectivity index (χ0v) is 9.97. The summed E-state index contributed by atoms with van der Waals surface area (Å²) in [5, 5.41) is 4.79. The van der Waals surface area contributed by atoms with Gasteiger partial charge in [0.1, 0.15) is 5.82 Å². The Kier molecular flexibility index (Phi) is 3.88. The van der Waals surface area contributed by atoms with Crippen molar-refractivity contribution in [3.8, 4) is 0 Å². The summed E-state index contributed by atoms with van der Waals surface area (Å²) in [4.78, 5) is 12.4. The molecule has 0 radical (unpaired) electrons. The number of hydrogen-bond donors (Lipinski definition) is 1. The van der Waals surface area contributed by atoms with Crippen LogP contribution in [0.15, 0.2) is 41.8 Å². The fourth-order valence-electron chi connectivity index (χ4n) is 1.48. The second kappa shape index (κ2) is 5.59. The lowest BCUT2D eigenvalue weighted by atomic mass is 10.2. The van der Waals surface area contributed by atoms with E-state index in [0.717, 1.165) is 4.88 Å². The van der Waals surface area contributed by atoms with Crippen LogP contribution in [-0.4, -0.2) is 12.3 Å². The molecule has 1 aromatic heterocycles. The van der Waals surface area contributed by atoms with Gasteiger partial charge in [0.15, 0.2) is 5.78 Å². The molecule has 0 atom stereocenters. The number of Topliss-reactive ketones (excluding diaryl/α,β-unsaturated/α-hetero) is 1. The molecule has 0 aliphatic heterocycles. The predicted molar refractivity (Wildman–Crippen MR) is 68.2 cm³/mol. The lowest BCUT2D eigenvalue weighted by Crippen LogP contribution is -2.08. The quantitative estimate of drug-likeness (QED) is 0.821. The van der Waals surface area contributed by atoms with Gasteiger partial charge in [-0.1, -0.05) is 18.2 Å². The fraction of sp³-hybridized carbons (Fsp3) is 0.154. The van der Waals surface area contributed by atoms with Crippen molar-refractivity contribution >= 4 is 22.8 Å². The van der Waals surface area contributed by atoms with Crippen molar-refractivity contribution in [3.63, 3.8) is 0 Å². The van der Waals surface area contributed by atoms with Crippen LogP contribution in [0.2, 0.25) is 0 Å². The first-order valence-corrected chi connectivity index (χ1v) is 6.20. The average molecular weight is 249 g/mol. The van der Waals surface area contributed by atoms with Crippen molar-refractivity contribution in [3.05, 3.63) is 52.5 Å². The molecule has 1 aromatic carbocycles. The number of carbonyl (C=O) groups excluding carboxylic acids is 1. The number of anilines is 1. The molecule has 2 nitrogen and oxygen atoms in total. The van der Waals surface area contributed by atoms with Crippen molar-refractivity contribution < 1.29 is 9.18 Å². The van der Waals surface area contributed by atoms with Gasteiger partial charge in [-0.15, -0.1) is 11.3 Å². The normalized spacial score (nSPS) is 10.2. The molecular weight excluding hydrogens is 237 g/mol. The van der Waals surface area contributed by atoms with Crippen LogP contribution in [0.25, 0.3) is 0 Å². The molecule has 0 unspecified atom stereocenters. The molecule has 1 heterocycles. The van der Waals surface area contributed by atoms with E-state index in [9.17, 15) is 9.18 Å². The number of hydrogen-bond acceptors (Lipinski definition) is 3. The largest absolute Gasteiger partial charge is 0.382 e. The van der Waals surface area contributed by atoms with E-state index in [-0.39, 0.29) is 11.6 Å². The van der Waals surface area contributed by atoms with Crippen molar-refractivity contribution in [2.75, 3.05) is 11.9 Å². The molecule has 0 fully saturated rings. The van der Waals surface area contributed by atoms with Crippen molar-refractivity contribution in [2.45, 2.75) is 6.42 Å². The van der Waals surface area contributed by atoms with Gasteiger partial charge in [0.05, 0.1) is 10.6 Å². The number of benzene rings is 1. The first-order valence-electron chi connectivity index (χ1n) is 5.32. The number of thiophene rings is 1. The molecular formula is C13H12FNOS. The van der Waals surface area contributed by atoms with Crippen molar-refractivity contribution in [1.29, 1.82) is 0 Å². The minimum atomic E-state index is -0.295. The van der Waals surface area contributed by atoms with Crippen molar-refractivity contribution in [1.82, 2.24) is 0 Å². The number of carbonyl (C=O) groups is 1. The Balaban J connectivity index is 1.84. The highest BCUT2D eigenvalue weighted by Crippen LogP contribution is 2.14. The van der Waals surface area contributed by atoms with Crippen LogP contribution < -0.4 is 5.32 Å². The Morgan fingerprint density at radius 2 is 2.06 bits per heavy atom. The van der Waals surface area contributed by atoms with Gasteiger partial charge in [-0.2, -0.15) is 0 Å². The number of ketones is 1. The third-order valence-corrected chi connectivity index (χ3v) is 3.25. The highest BCUT2D eigenvalue weighted by Gasteiger charge is 2.06. The van der Waals surface area contributed by atoms with E-state index in [1.54, 1.807) is 24.3 Å². The monoisotopic (exact) mass is 249 g/mol. The van der Waals surface area contributed by atoms with Gasteiger partial charge in [0, 0.05) is 13.0 Å². The van der Waals surface area contributed by atoms with Crippen LogP contribution >= 0.6 is 11.3 Å². The first kappa shape index (κ1) is 11.8. The molecule has 4 heteroatoms. The summed E-state index contributed by atoms with van der Waals surface area (Å²) in [5.41, 5.74) is 0.437. The van der Waals surface area contributed by atoms with E-state index < -0.39 is 0 Å². The summed E-state index contributed by atoms with van der Waals surface area (Å²) in [6.45, 7) is 0.442. The maximum Gasteiger partial charge on any atom is 0.174 e. The highest BCUT2D eigenvalue weighted by molar-refractivity contribution is 7.12. The smallest absolute Gasteiger partial charge is 0.174 e. The Bertz CT molecular complexity index is 496. The molecule has 0 amide bonds. The zero-order chi connectivity index (χ0) is 12.1. The Morgan fingerprint density at radius 1 is 1.24 bits per heavy atom. The average Bonchev–Trinajstić information content (AvgIpc) is 2.85. The molecule has 1 N–H and O–H groups in total. The molecule has 2 aromatic rings. The molecule has 0 saturated carbocycles. The lowest BCUT2D eigenvalue weighted by Gasteiger charge is -2.05. The minimum absolute atomic E-state index is 0.0869. The predicted octanol–water partition coefficient (Wildman–Crippen LogP) is 3.57. The Morgan fingerprint density at radius 3 is 2.76 bits per heavy atom. The SMILES string of the molecule is O=C(CCNc1ccccc1F)c1cccs1. The summed E-state index contributed by atoms with van der Waals surface area (Å²) in [5.74, 6) is -0.208. The Hall–Kier alpha value is -1.68. The number of halogens is 1. The summed E-state index contributed by atoms with van der Waals surface area (Å²) < 4.78 is 13.2. The van der Waals surface area contributed by atoms with E-state index in [0.29, 0.717) is 18.7 Å². The fourth-order valence-corrected chi connectivity index (χ4v) is 2.17. The molecule has 0 aliphatic carbocycles. The Labute approximate surface area is 103 Å². The molecule has 0 spiro atoms. The highest BCUT2D eigenvalue weighted by atomic mass is 32.1. The van der Waals surface area contributed by atoms with Crippen LogP contribution in [-0.2, 0) is 0 Å². The van der Waals surface area contributed by atoms with Crippen LogP contribution in [0.5, 0.6) is 0 Å². The van der Waals surface area contributed by atoms with Gasteiger partial charge >= 0.3 is 0 Å². The van der Waals surface area contributed by atoms with Crippen molar-refractivity contribution in [2.24, 2.45) is 0 Å². The van der Waals surface area contributed by atoms with Gasteiger partial charge < -0.3 is 5.32 Å². The maximum absolute atomic E-state index is 13.2. The standard InChI is InChI=1S/C13H12FNOS/c14-10-4-1-2-5-11(10)15-8-7-12(16)13-6-3-9-17-13/h1-6,9,15H,7-8H2. The van der Waals surface area contributed by atoms with Gasteiger partial charge in [-0.3, -0.25) is 4.79 Å². The summed E-state index contributed by atoms with van der Waals surface area (Å²) in [6, 6.07) is 10.1. The number of para-hydroxylation sites is 1. The zero-order valence-electron chi connectivity index (χ0n) is 9.15. The molecule has 2 rings (SSSR count). The topological polar surface area (TPSA) is 29.1 Å². The number of nitrogens with one attached hydrogen (secondary N) is 1. The van der Waals surface area contributed by atoms with Gasteiger partial charge in [0.2, 0.25) is 0 Å². The maximum atomic E-state index is 13.2. The first-order chi connectivity index (χ1) is 8.27. The van der Waals surface area contributed by atoms with E-state index in [1.807, 2.05) is 11.4 Å². The third-order valence-electron chi connectivity index (χ3n) is 2.34. The molecule has 88 valence electrons. The lowest BCUT2D eigenvalue weighted by molar-refractivity contribution is 0.0990. The van der Waals surface area contributed by atoms with E-state index in [1.165, 1.54) is 17.4 Å². The second-order valence-electron chi connectivity index (χ2n) is 3.56. The van der Waals surface area contributed by atoms with E-state index in [4.69, 9.17) is 0 Å². The van der Waals surface area contributed by atoms with Gasteiger partial charge in [0.25, 0.3) is 0 Å². The third kappa shape index (κ3) is 3.14. The second-order valence-corrected chi connectivity index (χ2v) is 4.50. The van der Waals surface area contributed by atoms with Gasteiger partial charge in [-0.25, -0.2) is 4.39 Å². The summed E-state index contributed by atoms with van der Waals surface area (Å²) >= 11 is 1.43. The summed E-state index contributed by atoms with van der Waals surface area (Å²) in [7, 11) is 0. The molecule has 0 aliphatic rings. The molecule has 0 bridgehead atoms. The van der Waals surface area contributed by atoms with Crippen LogP contribution in [0.3, 0.4) is 0 Å². The molecule has 17 heavy (non-hydrogen) atoms. The van der Waals surface area contributed by atoms with E-state index in [2.05, 4.69) is 5.32 Å². The van der Waals surface area contributed by atoms with E-state index >= 15 is 0 Å². The van der Waals surface area contributed by atoms with Crippen LogP contribution in [0.1, 0.15) is 16.1 Å². The number of rotatable bonds is 5. The van der Waals surface area contributed by atoms with Crippen LogP contribution in [0.4, 0.5) is 10.1 Å². The molecule has 0 saturated heterocycles. The minimum Gasteiger partial charge on any atom is -0.382 e. The summed E-state index contributed by atoms with van der Waals surface area (Å²) in [6.07, 6.45) is 0.370.